The SMILES string of the molecule is SCc1ccc2cccc(CS)c2c1. The fourth-order valence-corrected chi connectivity index (χ4v) is 2.09. The molecule has 2 aromatic carbocycles. The summed E-state index contributed by atoms with van der Waals surface area (Å²) < 4.78 is 0. The predicted octanol–water partition coefficient (Wildman–Crippen LogP) is 3.70. The molecule has 0 radical (unpaired) electrons. The fraction of sp³-hybridized carbons (Fsp3) is 0.167. The molecule has 0 amide bonds. The molecule has 0 aliphatic heterocycles. The van der Waals surface area contributed by atoms with E-state index in [0.29, 0.717) is 0 Å². The van der Waals surface area contributed by atoms with E-state index < -0.39 is 0 Å². The largest absolute Gasteiger partial charge is 0.175 e. The first-order valence-corrected chi connectivity index (χ1v) is 5.84. The first-order valence-electron chi connectivity index (χ1n) is 4.57. The number of rotatable bonds is 2. The average molecular weight is 220 g/mol. The van der Waals surface area contributed by atoms with Gasteiger partial charge < -0.3 is 0 Å². The van der Waals surface area contributed by atoms with Crippen molar-refractivity contribution >= 4 is 36.0 Å². The van der Waals surface area contributed by atoms with Crippen LogP contribution < -0.4 is 0 Å². The van der Waals surface area contributed by atoms with E-state index in [4.69, 9.17) is 0 Å². The van der Waals surface area contributed by atoms with Gasteiger partial charge in [0.25, 0.3) is 0 Å². The maximum atomic E-state index is 4.33. The molecule has 0 aromatic heterocycles. The van der Waals surface area contributed by atoms with Gasteiger partial charge in [-0.3, -0.25) is 0 Å². The van der Waals surface area contributed by atoms with Crippen molar-refractivity contribution in [2.45, 2.75) is 11.5 Å². The molecule has 0 atom stereocenters. The third-order valence-electron chi connectivity index (χ3n) is 2.39. The molecular formula is C12H12S2. The van der Waals surface area contributed by atoms with E-state index in [-0.39, 0.29) is 0 Å². The van der Waals surface area contributed by atoms with Crippen LogP contribution in [0.1, 0.15) is 11.1 Å². The van der Waals surface area contributed by atoms with Crippen LogP contribution in [-0.2, 0) is 11.5 Å². The molecular weight excluding hydrogens is 208 g/mol. The summed E-state index contributed by atoms with van der Waals surface area (Å²) in [5.74, 6) is 1.57. The highest BCUT2D eigenvalue weighted by atomic mass is 32.1. The van der Waals surface area contributed by atoms with Gasteiger partial charge in [-0.15, -0.1) is 0 Å². The molecule has 2 aromatic rings. The lowest BCUT2D eigenvalue weighted by molar-refractivity contribution is 1.42. The Hall–Kier alpha value is -0.600. The van der Waals surface area contributed by atoms with Gasteiger partial charge in [0.2, 0.25) is 0 Å². The molecule has 0 aliphatic rings. The monoisotopic (exact) mass is 220 g/mol. The second-order valence-corrected chi connectivity index (χ2v) is 3.92. The summed E-state index contributed by atoms with van der Waals surface area (Å²) in [4.78, 5) is 0. The fourth-order valence-electron chi connectivity index (χ4n) is 1.62. The summed E-state index contributed by atoms with van der Waals surface area (Å²) in [5.41, 5.74) is 2.55. The second-order valence-electron chi connectivity index (χ2n) is 3.29. The lowest BCUT2D eigenvalue weighted by Crippen LogP contribution is -1.84. The summed E-state index contributed by atoms with van der Waals surface area (Å²) in [7, 11) is 0. The van der Waals surface area contributed by atoms with Crippen LogP contribution in [0.3, 0.4) is 0 Å². The van der Waals surface area contributed by atoms with Crippen molar-refractivity contribution in [2.75, 3.05) is 0 Å². The lowest BCUT2D eigenvalue weighted by Gasteiger charge is -2.05. The molecule has 2 rings (SSSR count). The first kappa shape index (κ1) is 9.94. The second kappa shape index (κ2) is 4.28. The van der Waals surface area contributed by atoms with Crippen LogP contribution in [0.15, 0.2) is 36.4 Å². The molecule has 0 fully saturated rings. The van der Waals surface area contributed by atoms with E-state index in [9.17, 15) is 0 Å². The first-order chi connectivity index (χ1) is 6.85. The van der Waals surface area contributed by atoms with Crippen LogP contribution in [0.2, 0.25) is 0 Å². The standard InChI is InChI=1S/C12H12S2/c13-7-9-4-5-10-2-1-3-11(8-14)12(10)6-9/h1-6,13-14H,7-8H2. The van der Waals surface area contributed by atoms with Crippen molar-refractivity contribution in [3.8, 4) is 0 Å². The Morgan fingerprint density at radius 3 is 2.50 bits per heavy atom. The van der Waals surface area contributed by atoms with Gasteiger partial charge in [-0.25, -0.2) is 0 Å². The zero-order valence-electron chi connectivity index (χ0n) is 7.77. The molecule has 0 unspecified atom stereocenters. The van der Waals surface area contributed by atoms with E-state index in [1.54, 1.807) is 0 Å². The third-order valence-corrected chi connectivity index (χ3v) is 3.10. The Bertz CT molecular complexity index is 449. The topological polar surface area (TPSA) is 0 Å². The lowest BCUT2D eigenvalue weighted by atomic mass is 10.0. The maximum Gasteiger partial charge on any atom is 0.0160 e. The smallest absolute Gasteiger partial charge is 0.0160 e. The van der Waals surface area contributed by atoms with Gasteiger partial charge in [-0.2, -0.15) is 25.3 Å². The third kappa shape index (κ3) is 1.77. The van der Waals surface area contributed by atoms with Crippen LogP contribution in [0.4, 0.5) is 0 Å². The van der Waals surface area contributed by atoms with Crippen LogP contribution in [0.5, 0.6) is 0 Å². The maximum absolute atomic E-state index is 4.33. The molecule has 2 heteroatoms. The minimum Gasteiger partial charge on any atom is -0.175 e. The van der Waals surface area contributed by atoms with Crippen molar-refractivity contribution in [3.63, 3.8) is 0 Å². The molecule has 0 heterocycles. The molecule has 0 nitrogen and oxygen atoms in total. The van der Waals surface area contributed by atoms with E-state index in [1.807, 2.05) is 0 Å². The Labute approximate surface area is 95.2 Å². The summed E-state index contributed by atoms with van der Waals surface area (Å²) in [6, 6.07) is 12.8. The molecule has 72 valence electrons. The van der Waals surface area contributed by atoms with E-state index >= 15 is 0 Å². The number of fused-ring (bicyclic) bond motifs is 1. The highest BCUT2D eigenvalue weighted by molar-refractivity contribution is 7.79. The van der Waals surface area contributed by atoms with E-state index in [1.165, 1.54) is 21.9 Å². The molecule has 14 heavy (non-hydrogen) atoms. The van der Waals surface area contributed by atoms with Crippen molar-refractivity contribution in [1.82, 2.24) is 0 Å². The van der Waals surface area contributed by atoms with E-state index in [0.717, 1.165) is 11.5 Å². The summed E-state index contributed by atoms with van der Waals surface area (Å²) >= 11 is 8.61. The highest BCUT2D eigenvalue weighted by Crippen LogP contribution is 2.22. The Morgan fingerprint density at radius 2 is 1.79 bits per heavy atom. The molecule has 0 spiro atoms. The normalized spacial score (nSPS) is 10.7. The number of benzene rings is 2. The van der Waals surface area contributed by atoms with Gasteiger partial charge >= 0.3 is 0 Å². The van der Waals surface area contributed by atoms with Gasteiger partial charge in [0.15, 0.2) is 0 Å². The summed E-state index contributed by atoms with van der Waals surface area (Å²) in [6.07, 6.45) is 0. The van der Waals surface area contributed by atoms with Crippen LogP contribution >= 0.6 is 25.3 Å². The minimum absolute atomic E-state index is 0.785. The Balaban J connectivity index is 2.70. The van der Waals surface area contributed by atoms with Gasteiger partial charge in [0, 0.05) is 11.5 Å². The van der Waals surface area contributed by atoms with E-state index in [2.05, 4.69) is 61.7 Å². The van der Waals surface area contributed by atoms with Crippen LogP contribution in [-0.4, -0.2) is 0 Å². The number of hydrogen-bond donors (Lipinski definition) is 2. The quantitative estimate of drug-likeness (QED) is 0.708. The van der Waals surface area contributed by atoms with Crippen LogP contribution in [0, 0.1) is 0 Å². The highest BCUT2D eigenvalue weighted by Gasteiger charge is 1.99. The Kier molecular flexibility index (Phi) is 3.04. The minimum atomic E-state index is 0.785. The van der Waals surface area contributed by atoms with Crippen molar-refractivity contribution < 1.29 is 0 Å². The molecule has 0 N–H and O–H groups in total. The molecule has 0 saturated heterocycles. The average Bonchev–Trinajstić information content (AvgIpc) is 2.27. The number of thiol groups is 2. The zero-order valence-corrected chi connectivity index (χ0v) is 9.56. The molecule has 0 bridgehead atoms. The molecule has 0 saturated carbocycles. The van der Waals surface area contributed by atoms with Gasteiger partial charge in [0.05, 0.1) is 0 Å². The van der Waals surface area contributed by atoms with Crippen LogP contribution in [0.25, 0.3) is 10.8 Å². The van der Waals surface area contributed by atoms with Gasteiger partial charge in [0.1, 0.15) is 0 Å². The predicted molar refractivity (Wildman–Crippen MR) is 69.3 cm³/mol. The van der Waals surface area contributed by atoms with Crippen molar-refractivity contribution in [1.29, 1.82) is 0 Å². The Morgan fingerprint density at radius 1 is 0.929 bits per heavy atom. The number of hydrogen-bond acceptors (Lipinski definition) is 2. The zero-order chi connectivity index (χ0) is 9.97. The van der Waals surface area contributed by atoms with Crippen molar-refractivity contribution in [3.05, 3.63) is 47.5 Å². The van der Waals surface area contributed by atoms with Crippen molar-refractivity contribution in [2.24, 2.45) is 0 Å². The molecule has 0 aliphatic carbocycles. The van der Waals surface area contributed by atoms with Gasteiger partial charge in [-0.05, 0) is 21.9 Å². The van der Waals surface area contributed by atoms with Gasteiger partial charge in [-0.1, -0.05) is 36.4 Å². The summed E-state index contributed by atoms with van der Waals surface area (Å²) in [5, 5.41) is 2.58. The summed E-state index contributed by atoms with van der Waals surface area (Å²) in [6.45, 7) is 0.